The molecule has 0 unspecified atom stereocenters. The molecule has 0 saturated heterocycles. The number of hydrogen-bond donors (Lipinski definition) is 1. The molecule has 1 N–H and O–H groups in total. The fourth-order valence-corrected chi connectivity index (χ4v) is 2.31. The van der Waals surface area contributed by atoms with E-state index in [0.717, 1.165) is 5.69 Å². The molecule has 0 fully saturated rings. The molecule has 0 saturated carbocycles. The highest BCUT2D eigenvalue weighted by atomic mass is 35.5. The third-order valence-corrected chi connectivity index (χ3v) is 3.56. The van der Waals surface area contributed by atoms with Crippen LogP contribution in [0, 0.1) is 12.7 Å². The third-order valence-electron chi connectivity index (χ3n) is 3.27. The number of halogens is 2. The van der Waals surface area contributed by atoms with Gasteiger partial charge < -0.3 is 9.73 Å². The Balaban J connectivity index is 1.70. The van der Waals surface area contributed by atoms with E-state index in [0.29, 0.717) is 30.0 Å². The number of nitrogens with zero attached hydrogens (tertiary/aromatic N) is 1. The zero-order valence-corrected chi connectivity index (χ0v) is 12.2. The number of hydrogen-bond acceptors (Lipinski definition) is 3. The lowest BCUT2D eigenvalue weighted by Gasteiger charge is -2.07. The predicted octanol–water partition coefficient (Wildman–Crippen LogP) is 4.58. The number of aromatic nitrogens is 1. The van der Waals surface area contributed by atoms with E-state index in [1.54, 1.807) is 0 Å². The van der Waals surface area contributed by atoms with Crippen molar-refractivity contribution < 1.29 is 8.81 Å². The number of fused-ring (bicyclic) bond motifs is 1. The number of rotatable bonds is 4. The van der Waals surface area contributed by atoms with Crippen LogP contribution in [0.5, 0.6) is 0 Å². The van der Waals surface area contributed by atoms with Gasteiger partial charge in [-0.25, -0.2) is 9.37 Å². The summed E-state index contributed by atoms with van der Waals surface area (Å²) in [6.07, 6.45) is 0.613. The summed E-state index contributed by atoms with van der Waals surface area (Å²) in [7, 11) is 0. The smallest absolute Gasteiger partial charge is 0.197 e. The van der Waals surface area contributed by atoms with Crippen LogP contribution in [0.3, 0.4) is 0 Å². The molecule has 3 aromatic rings. The Morgan fingerprint density at radius 1 is 1.29 bits per heavy atom. The van der Waals surface area contributed by atoms with Gasteiger partial charge in [-0.3, -0.25) is 0 Å². The zero-order chi connectivity index (χ0) is 14.8. The van der Waals surface area contributed by atoms with Crippen LogP contribution in [0.25, 0.3) is 11.1 Å². The van der Waals surface area contributed by atoms with Crippen molar-refractivity contribution >= 4 is 28.4 Å². The molecule has 3 nitrogen and oxygen atoms in total. The number of anilines is 1. The van der Waals surface area contributed by atoms with Crippen LogP contribution in [0.4, 0.5) is 10.1 Å². The van der Waals surface area contributed by atoms with E-state index in [1.165, 1.54) is 17.7 Å². The number of nitrogens with one attached hydrogen (secondary N) is 1. The quantitative estimate of drug-likeness (QED) is 0.766. The van der Waals surface area contributed by atoms with Gasteiger partial charge in [0.1, 0.15) is 11.3 Å². The van der Waals surface area contributed by atoms with Crippen molar-refractivity contribution in [2.45, 2.75) is 13.3 Å². The highest BCUT2D eigenvalue weighted by Gasteiger charge is 2.09. The summed E-state index contributed by atoms with van der Waals surface area (Å²) < 4.78 is 18.9. The lowest BCUT2D eigenvalue weighted by atomic mass is 10.2. The van der Waals surface area contributed by atoms with Crippen LogP contribution < -0.4 is 5.32 Å². The van der Waals surface area contributed by atoms with Crippen molar-refractivity contribution in [1.29, 1.82) is 0 Å². The first-order valence-corrected chi connectivity index (χ1v) is 7.05. The average Bonchev–Trinajstić information content (AvgIpc) is 2.83. The van der Waals surface area contributed by atoms with Crippen LogP contribution in [0.1, 0.15) is 11.5 Å². The molecule has 0 aliphatic rings. The third kappa shape index (κ3) is 3.00. The van der Waals surface area contributed by atoms with Crippen molar-refractivity contribution in [3.05, 3.63) is 58.7 Å². The first kappa shape index (κ1) is 13.9. The van der Waals surface area contributed by atoms with Gasteiger partial charge in [-0.2, -0.15) is 0 Å². The second kappa shape index (κ2) is 5.74. The Hall–Kier alpha value is -2.07. The van der Waals surface area contributed by atoms with Gasteiger partial charge in [-0.15, -0.1) is 0 Å². The van der Waals surface area contributed by atoms with Crippen molar-refractivity contribution in [1.82, 2.24) is 4.98 Å². The van der Waals surface area contributed by atoms with Gasteiger partial charge in [-0.1, -0.05) is 29.8 Å². The summed E-state index contributed by atoms with van der Waals surface area (Å²) in [6.45, 7) is 2.74. The summed E-state index contributed by atoms with van der Waals surface area (Å²) in [5, 5.41) is 3.38. The highest BCUT2D eigenvalue weighted by Crippen LogP contribution is 2.23. The summed E-state index contributed by atoms with van der Waals surface area (Å²) in [6, 6.07) is 10.8. The molecule has 0 atom stereocenters. The minimum absolute atomic E-state index is 0.0559. The van der Waals surface area contributed by atoms with Gasteiger partial charge >= 0.3 is 0 Å². The maximum absolute atomic E-state index is 13.3. The molecule has 0 bridgehead atoms. The van der Waals surface area contributed by atoms with E-state index in [4.69, 9.17) is 16.0 Å². The number of aryl methyl sites for hydroxylation is 1. The molecule has 1 aromatic heterocycles. The minimum atomic E-state index is -0.495. The summed E-state index contributed by atoms with van der Waals surface area (Å²) in [5.74, 6) is 0.0673. The van der Waals surface area contributed by atoms with Gasteiger partial charge in [0.05, 0.1) is 5.02 Å². The van der Waals surface area contributed by atoms with Crippen LogP contribution in [0.15, 0.2) is 40.8 Å². The summed E-state index contributed by atoms with van der Waals surface area (Å²) in [5.41, 5.74) is 3.27. The Bertz CT molecular complexity index is 746. The Labute approximate surface area is 126 Å². The second-order valence-corrected chi connectivity index (χ2v) is 5.24. The van der Waals surface area contributed by atoms with Crippen molar-refractivity contribution in [2.24, 2.45) is 0 Å². The van der Waals surface area contributed by atoms with Crippen LogP contribution >= 0.6 is 11.6 Å². The first-order chi connectivity index (χ1) is 10.1. The molecule has 3 rings (SSSR count). The van der Waals surface area contributed by atoms with Gasteiger partial charge in [0.2, 0.25) is 0 Å². The molecule has 0 amide bonds. The average molecular weight is 305 g/mol. The standard InChI is InChI=1S/C16H14ClFN2O/c1-10-4-2-3-5-13(10)19-7-6-16-20-14-8-11(17)12(18)9-15(14)21-16/h2-5,8-9,19H,6-7H2,1H3. The molecule has 21 heavy (non-hydrogen) atoms. The molecule has 0 radical (unpaired) electrons. The summed E-state index contributed by atoms with van der Waals surface area (Å²) >= 11 is 5.73. The largest absolute Gasteiger partial charge is 0.441 e. The monoisotopic (exact) mass is 304 g/mol. The predicted molar refractivity (Wildman–Crippen MR) is 82.3 cm³/mol. The summed E-state index contributed by atoms with van der Waals surface area (Å²) in [4.78, 5) is 4.31. The molecule has 0 spiro atoms. The fraction of sp³-hybridized carbons (Fsp3) is 0.188. The molecule has 5 heteroatoms. The molecular formula is C16H14ClFN2O. The van der Waals surface area contributed by atoms with E-state index >= 15 is 0 Å². The maximum Gasteiger partial charge on any atom is 0.197 e. The Morgan fingerprint density at radius 2 is 2.10 bits per heavy atom. The Morgan fingerprint density at radius 3 is 2.90 bits per heavy atom. The topological polar surface area (TPSA) is 38.1 Å². The molecule has 1 heterocycles. The van der Waals surface area contributed by atoms with Crippen LogP contribution in [-0.4, -0.2) is 11.5 Å². The normalized spacial score (nSPS) is 11.0. The van der Waals surface area contributed by atoms with Crippen LogP contribution in [0.2, 0.25) is 5.02 Å². The van der Waals surface area contributed by atoms with Gasteiger partial charge in [0, 0.05) is 24.7 Å². The minimum Gasteiger partial charge on any atom is -0.441 e. The first-order valence-electron chi connectivity index (χ1n) is 6.67. The lowest BCUT2D eigenvalue weighted by Crippen LogP contribution is -2.05. The SMILES string of the molecule is Cc1ccccc1NCCc1nc2cc(Cl)c(F)cc2o1. The van der Waals surface area contributed by atoms with E-state index in [2.05, 4.69) is 10.3 Å². The molecule has 108 valence electrons. The van der Waals surface area contributed by atoms with Gasteiger partial charge in [0.15, 0.2) is 11.5 Å². The molecule has 0 aliphatic heterocycles. The molecule has 0 aliphatic carbocycles. The van der Waals surface area contributed by atoms with E-state index < -0.39 is 5.82 Å². The number of benzene rings is 2. The van der Waals surface area contributed by atoms with E-state index in [9.17, 15) is 4.39 Å². The molecular weight excluding hydrogens is 291 g/mol. The fourth-order valence-electron chi connectivity index (χ4n) is 2.15. The zero-order valence-electron chi connectivity index (χ0n) is 11.5. The second-order valence-electron chi connectivity index (χ2n) is 4.83. The van der Waals surface area contributed by atoms with Gasteiger partial charge in [-0.05, 0) is 24.6 Å². The number of para-hydroxylation sites is 1. The Kier molecular flexibility index (Phi) is 3.80. The lowest BCUT2D eigenvalue weighted by molar-refractivity contribution is 0.530. The van der Waals surface area contributed by atoms with Crippen molar-refractivity contribution in [3.63, 3.8) is 0 Å². The van der Waals surface area contributed by atoms with E-state index in [1.807, 2.05) is 31.2 Å². The van der Waals surface area contributed by atoms with Crippen molar-refractivity contribution in [2.75, 3.05) is 11.9 Å². The van der Waals surface area contributed by atoms with Crippen LogP contribution in [-0.2, 0) is 6.42 Å². The highest BCUT2D eigenvalue weighted by molar-refractivity contribution is 6.31. The molecule has 2 aromatic carbocycles. The van der Waals surface area contributed by atoms with Crippen molar-refractivity contribution in [3.8, 4) is 0 Å². The maximum atomic E-state index is 13.3. The number of oxazole rings is 1. The van der Waals surface area contributed by atoms with Gasteiger partial charge in [0.25, 0.3) is 0 Å². The van der Waals surface area contributed by atoms with E-state index in [-0.39, 0.29) is 5.02 Å².